The van der Waals surface area contributed by atoms with Gasteiger partial charge in [-0.2, -0.15) is 0 Å². The third-order valence-corrected chi connectivity index (χ3v) is 6.02. The lowest BCUT2D eigenvalue weighted by atomic mass is 9.91. The summed E-state index contributed by atoms with van der Waals surface area (Å²) < 4.78 is 5.95. The van der Waals surface area contributed by atoms with Crippen molar-refractivity contribution in [3.05, 3.63) is 35.9 Å². The van der Waals surface area contributed by atoms with Crippen molar-refractivity contribution >= 4 is 11.9 Å². The third kappa shape index (κ3) is 5.34. The highest BCUT2D eigenvalue weighted by Crippen LogP contribution is 2.36. The molecule has 0 aliphatic carbocycles. The van der Waals surface area contributed by atoms with E-state index in [4.69, 9.17) is 4.74 Å². The van der Waals surface area contributed by atoms with Gasteiger partial charge in [0.1, 0.15) is 6.10 Å². The van der Waals surface area contributed by atoms with Crippen molar-refractivity contribution in [2.24, 2.45) is 5.41 Å². The van der Waals surface area contributed by atoms with Crippen LogP contribution in [0.25, 0.3) is 0 Å². The van der Waals surface area contributed by atoms with E-state index >= 15 is 0 Å². The van der Waals surface area contributed by atoms with Crippen LogP contribution in [0.3, 0.4) is 0 Å². The number of carbonyl (C=O) groups is 2. The van der Waals surface area contributed by atoms with Crippen molar-refractivity contribution in [1.82, 2.24) is 10.2 Å². The Bertz CT molecular complexity index is 669. The number of carbonyl (C=O) groups excluding carboxylic acids is 2. The molecule has 2 saturated heterocycles. The molecule has 2 unspecified atom stereocenters. The minimum atomic E-state index is -0.470. The number of benzene rings is 1. The standard InChI is InChI=1S/C23H34N2O3/c1-23(2,3)14-21(26)24-15-20(16-8-6-5-7-9-16)22(27)28-19-12-17-10-11-18(13-19)25(17)4/h5-9,17-20H,10-15H2,1-4H3,(H,24,26)/t17-,18+,19?,20?. The Morgan fingerprint density at radius 3 is 2.32 bits per heavy atom. The van der Waals surface area contributed by atoms with Crippen molar-refractivity contribution < 1.29 is 14.3 Å². The molecule has 5 nitrogen and oxygen atoms in total. The molecule has 154 valence electrons. The van der Waals surface area contributed by atoms with E-state index in [2.05, 4.69) is 17.3 Å². The highest BCUT2D eigenvalue weighted by atomic mass is 16.5. The van der Waals surface area contributed by atoms with Crippen molar-refractivity contribution in [3.63, 3.8) is 0 Å². The topological polar surface area (TPSA) is 58.6 Å². The van der Waals surface area contributed by atoms with Crippen LogP contribution in [0.15, 0.2) is 30.3 Å². The number of amides is 1. The fourth-order valence-corrected chi connectivity index (χ4v) is 4.49. The normalized spacial score (nSPS) is 25.9. The zero-order chi connectivity index (χ0) is 20.3. The first-order chi connectivity index (χ1) is 13.2. The maximum Gasteiger partial charge on any atom is 0.315 e. The molecular formula is C23H34N2O3. The molecule has 2 bridgehead atoms. The van der Waals surface area contributed by atoms with Gasteiger partial charge in [-0.15, -0.1) is 0 Å². The number of esters is 1. The fourth-order valence-electron chi connectivity index (χ4n) is 4.49. The Balaban J connectivity index is 1.63. The molecule has 3 rings (SSSR count). The van der Waals surface area contributed by atoms with Gasteiger partial charge in [-0.05, 0) is 43.7 Å². The fraction of sp³-hybridized carbons (Fsp3) is 0.652. The summed E-state index contributed by atoms with van der Waals surface area (Å²) in [5, 5.41) is 2.94. The van der Waals surface area contributed by atoms with Crippen LogP contribution < -0.4 is 5.32 Å². The van der Waals surface area contributed by atoms with E-state index in [0.717, 1.165) is 18.4 Å². The van der Waals surface area contributed by atoms with Crippen LogP contribution in [0.1, 0.15) is 64.4 Å². The van der Waals surface area contributed by atoms with Crippen LogP contribution in [0.4, 0.5) is 0 Å². The summed E-state index contributed by atoms with van der Waals surface area (Å²) in [7, 11) is 2.18. The molecule has 4 atom stereocenters. The van der Waals surface area contributed by atoms with Gasteiger partial charge in [0.25, 0.3) is 0 Å². The molecule has 2 aliphatic rings. The maximum atomic E-state index is 13.0. The number of ether oxygens (including phenoxy) is 1. The second-order valence-electron chi connectivity index (χ2n) is 9.59. The molecule has 1 aromatic carbocycles. The number of fused-ring (bicyclic) bond motifs is 2. The van der Waals surface area contributed by atoms with Crippen molar-refractivity contribution in [2.75, 3.05) is 13.6 Å². The SMILES string of the molecule is CN1[C@@H]2CC[C@H]1CC(OC(=O)C(CNC(=O)CC(C)(C)C)c1ccccc1)C2. The Hall–Kier alpha value is -1.88. The molecule has 5 heteroatoms. The summed E-state index contributed by atoms with van der Waals surface area (Å²) in [5.41, 5.74) is 0.805. The number of rotatable bonds is 6. The van der Waals surface area contributed by atoms with E-state index in [1.165, 1.54) is 12.8 Å². The van der Waals surface area contributed by atoms with Gasteiger partial charge in [-0.25, -0.2) is 0 Å². The Morgan fingerprint density at radius 2 is 1.75 bits per heavy atom. The van der Waals surface area contributed by atoms with Gasteiger partial charge in [0, 0.05) is 25.0 Å². The van der Waals surface area contributed by atoms with Gasteiger partial charge in [-0.3, -0.25) is 9.59 Å². The van der Waals surface area contributed by atoms with E-state index in [9.17, 15) is 9.59 Å². The van der Waals surface area contributed by atoms with Crippen LogP contribution in [0.5, 0.6) is 0 Å². The van der Waals surface area contributed by atoms with Crippen molar-refractivity contribution in [3.8, 4) is 0 Å². The van der Waals surface area contributed by atoms with Crippen LogP contribution >= 0.6 is 0 Å². The van der Waals surface area contributed by atoms with E-state index < -0.39 is 5.92 Å². The van der Waals surface area contributed by atoms with Gasteiger partial charge in [-0.1, -0.05) is 51.1 Å². The largest absolute Gasteiger partial charge is 0.462 e. The molecule has 28 heavy (non-hydrogen) atoms. The number of hydrogen-bond acceptors (Lipinski definition) is 4. The van der Waals surface area contributed by atoms with E-state index in [1.54, 1.807) is 0 Å². The van der Waals surface area contributed by atoms with Crippen molar-refractivity contribution in [2.45, 2.75) is 77.0 Å². The first-order valence-corrected chi connectivity index (χ1v) is 10.5. The molecule has 1 N–H and O–H groups in total. The van der Waals surface area contributed by atoms with Gasteiger partial charge in [0.05, 0.1) is 5.92 Å². The monoisotopic (exact) mass is 386 g/mol. The molecule has 2 aliphatic heterocycles. The number of nitrogens with one attached hydrogen (secondary N) is 1. The molecular weight excluding hydrogens is 352 g/mol. The highest BCUT2D eigenvalue weighted by molar-refractivity contribution is 5.81. The zero-order valence-corrected chi connectivity index (χ0v) is 17.6. The first kappa shape index (κ1) is 20.8. The quantitative estimate of drug-likeness (QED) is 0.761. The lowest BCUT2D eigenvalue weighted by molar-refractivity contribution is -0.154. The van der Waals surface area contributed by atoms with Gasteiger partial charge < -0.3 is 15.0 Å². The summed E-state index contributed by atoms with van der Waals surface area (Å²) in [5.74, 6) is -0.725. The van der Waals surface area contributed by atoms with Gasteiger partial charge in [0.15, 0.2) is 0 Å². The van der Waals surface area contributed by atoms with Gasteiger partial charge >= 0.3 is 5.97 Å². The summed E-state index contributed by atoms with van der Waals surface area (Å²) in [6.45, 7) is 6.37. The molecule has 0 saturated carbocycles. The molecule has 2 fully saturated rings. The maximum absolute atomic E-state index is 13.0. The summed E-state index contributed by atoms with van der Waals surface area (Å²) in [6, 6.07) is 10.7. The molecule has 0 radical (unpaired) electrons. The smallest absolute Gasteiger partial charge is 0.315 e. The highest BCUT2D eigenvalue weighted by Gasteiger charge is 2.40. The average Bonchev–Trinajstić information content (AvgIpc) is 2.82. The summed E-state index contributed by atoms with van der Waals surface area (Å²) in [6.07, 6.45) is 4.63. The second-order valence-corrected chi connectivity index (χ2v) is 9.59. The second kappa shape index (κ2) is 8.64. The minimum absolute atomic E-state index is 0.0160. The van der Waals surface area contributed by atoms with E-state index in [1.807, 2.05) is 51.1 Å². The van der Waals surface area contributed by atoms with Crippen LogP contribution in [0.2, 0.25) is 0 Å². The van der Waals surface area contributed by atoms with Crippen LogP contribution in [0, 0.1) is 5.41 Å². The van der Waals surface area contributed by atoms with Crippen molar-refractivity contribution in [1.29, 1.82) is 0 Å². The molecule has 1 amide bonds. The lowest BCUT2D eigenvalue weighted by Gasteiger charge is -2.36. The predicted molar refractivity (Wildman–Crippen MR) is 110 cm³/mol. The lowest BCUT2D eigenvalue weighted by Crippen LogP contribution is -2.44. The first-order valence-electron chi connectivity index (χ1n) is 10.5. The molecule has 1 aromatic rings. The van der Waals surface area contributed by atoms with Crippen LogP contribution in [-0.2, 0) is 14.3 Å². The molecule has 2 heterocycles. The number of nitrogens with zero attached hydrogens (tertiary/aromatic N) is 1. The third-order valence-electron chi connectivity index (χ3n) is 6.02. The Morgan fingerprint density at radius 1 is 1.14 bits per heavy atom. The van der Waals surface area contributed by atoms with Crippen LogP contribution in [-0.4, -0.2) is 48.6 Å². The van der Waals surface area contributed by atoms with E-state index in [-0.39, 0.29) is 29.9 Å². The minimum Gasteiger partial charge on any atom is -0.462 e. The molecule has 0 spiro atoms. The number of hydrogen-bond donors (Lipinski definition) is 1. The average molecular weight is 387 g/mol. The van der Waals surface area contributed by atoms with Gasteiger partial charge in [0.2, 0.25) is 5.91 Å². The number of piperidine rings is 1. The summed E-state index contributed by atoms with van der Waals surface area (Å²) in [4.78, 5) is 27.7. The predicted octanol–water partition coefficient (Wildman–Crippen LogP) is 3.49. The Labute approximate surface area is 168 Å². The molecule has 0 aromatic heterocycles. The van der Waals surface area contributed by atoms with E-state index in [0.29, 0.717) is 18.5 Å². The zero-order valence-electron chi connectivity index (χ0n) is 17.6. The summed E-state index contributed by atoms with van der Waals surface area (Å²) >= 11 is 0. The Kier molecular flexibility index (Phi) is 6.43.